The van der Waals surface area contributed by atoms with Gasteiger partial charge in [0, 0.05) is 12.5 Å². The van der Waals surface area contributed by atoms with E-state index in [9.17, 15) is 24.8 Å². The number of benzene rings is 1. The van der Waals surface area contributed by atoms with Crippen molar-refractivity contribution in [1.29, 1.82) is 0 Å². The number of aromatic hydroxyl groups is 1. The Morgan fingerprint density at radius 3 is 2.45 bits per heavy atom. The predicted molar refractivity (Wildman–Crippen MR) is 78.6 cm³/mol. The Bertz CT molecular complexity index is 585. The number of rotatable bonds is 7. The summed E-state index contributed by atoms with van der Waals surface area (Å²) in [6.07, 6.45) is 0.151. The highest BCUT2D eigenvalue weighted by Gasteiger charge is 2.22. The number of nitrogens with zero attached hydrogens (tertiary/aromatic N) is 1. The molecule has 0 aromatic heterocycles. The van der Waals surface area contributed by atoms with E-state index in [1.807, 2.05) is 0 Å². The number of amides is 1. The average molecular weight is 310 g/mol. The topological polar surface area (TPSA) is 130 Å². The number of carboxylic acids is 1. The standard InChI is InChI=1S/C14H18N2O6/c1-8(2)10(14(19)20)4-6-13(18)15-11-5-3-9(16(21)22)7-12(11)17/h3,5,7-8,10,17H,4,6H2,1-2H3,(H,15,18)(H,19,20)/t10-/m1/s1. The van der Waals surface area contributed by atoms with Crippen molar-refractivity contribution in [3.8, 4) is 5.75 Å². The lowest BCUT2D eigenvalue weighted by molar-refractivity contribution is -0.384. The zero-order chi connectivity index (χ0) is 16.9. The van der Waals surface area contributed by atoms with Gasteiger partial charge in [-0.15, -0.1) is 0 Å². The number of phenolic OH excluding ortho intramolecular Hbond substituents is 1. The van der Waals surface area contributed by atoms with Crippen LogP contribution >= 0.6 is 0 Å². The van der Waals surface area contributed by atoms with Crippen molar-refractivity contribution in [2.75, 3.05) is 5.32 Å². The number of hydrogen-bond acceptors (Lipinski definition) is 5. The van der Waals surface area contributed by atoms with Gasteiger partial charge in [0.15, 0.2) is 0 Å². The van der Waals surface area contributed by atoms with Crippen molar-refractivity contribution < 1.29 is 24.7 Å². The highest BCUT2D eigenvalue weighted by Crippen LogP contribution is 2.28. The van der Waals surface area contributed by atoms with Crippen molar-refractivity contribution >= 4 is 23.3 Å². The van der Waals surface area contributed by atoms with E-state index < -0.39 is 28.5 Å². The maximum Gasteiger partial charge on any atom is 0.306 e. The molecule has 1 aromatic rings. The summed E-state index contributed by atoms with van der Waals surface area (Å²) in [5.41, 5.74) is -0.242. The molecule has 0 aliphatic heterocycles. The minimum atomic E-state index is -0.957. The largest absolute Gasteiger partial charge is 0.506 e. The summed E-state index contributed by atoms with van der Waals surface area (Å²) in [5.74, 6) is -2.56. The lowest BCUT2D eigenvalue weighted by Gasteiger charge is -2.15. The summed E-state index contributed by atoms with van der Waals surface area (Å²) in [6, 6.07) is 3.32. The van der Waals surface area contributed by atoms with E-state index in [2.05, 4.69) is 5.32 Å². The summed E-state index contributed by atoms with van der Waals surface area (Å²) in [4.78, 5) is 32.7. The molecule has 0 aliphatic rings. The van der Waals surface area contributed by atoms with Gasteiger partial charge in [0.1, 0.15) is 5.75 Å². The minimum Gasteiger partial charge on any atom is -0.506 e. The summed E-state index contributed by atoms with van der Waals surface area (Å²) < 4.78 is 0. The third kappa shape index (κ3) is 4.72. The summed E-state index contributed by atoms with van der Waals surface area (Å²) >= 11 is 0. The lowest BCUT2D eigenvalue weighted by atomic mass is 9.91. The van der Waals surface area contributed by atoms with Crippen LogP contribution < -0.4 is 5.32 Å². The van der Waals surface area contributed by atoms with Crippen molar-refractivity contribution in [2.24, 2.45) is 11.8 Å². The highest BCUT2D eigenvalue weighted by molar-refractivity contribution is 5.92. The molecule has 1 amide bonds. The molecule has 1 rings (SSSR count). The van der Waals surface area contributed by atoms with Gasteiger partial charge in [-0.2, -0.15) is 0 Å². The van der Waals surface area contributed by atoms with E-state index >= 15 is 0 Å². The van der Waals surface area contributed by atoms with Crippen LogP contribution in [0.3, 0.4) is 0 Å². The molecule has 1 aromatic carbocycles. The Labute approximate surface area is 126 Å². The number of carbonyl (C=O) groups excluding carboxylic acids is 1. The van der Waals surface area contributed by atoms with Crippen LogP contribution in [0, 0.1) is 22.0 Å². The zero-order valence-electron chi connectivity index (χ0n) is 12.3. The number of carbonyl (C=O) groups is 2. The predicted octanol–water partition coefficient (Wildman–Crippen LogP) is 2.38. The Balaban J connectivity index is 2.66. The molecule has 120 valence electrons. The normalized spacial score (nSPS) is 12.0. The molecular formula is C14H18N2O6. The molecule has 1 atom stereocenters. The molecule has 8 heteroatoms. The van der Waals surface area contributed by atoms with Gasteiger partial charge in [-0.25, -0.2) is 0 Å². The second-order valence-corrected chi connectivity index (χ2v) is 5.23. The van der Waals surface area contributed by atoms with E-state index in [1.165, 1.54) is 6.07 Å². The SMILES string of the molecule is CC(C)[C@@H](CCC(=O)Nc1ccc([N+](=O)[O-])cc1O)C(=O)O. The maximum absolute atomic E-state index is 11.8. The third-order valence-electron chi connectivity index (χ3n) is 3.27. The van der Waals surface area contributed by atoms with E-state index in [-0.39, 0.29) is 30.1 Å². The summed E-state index contributed by atoms with van der Waals surface area (Å²) in [6.45, 7) is 3.53. The van der Waals surface area contributed by atoms with Crippen molar-refractivity contribution in [2.45, 2.75) is 26.7 Å². The maximum atomic E-state index is 11.8. The van der Waals surface area contributed by atoms with Crippen LogP contribution in [0.2, 0.25) is 0 Å². The number of phenols is 1. The molecule has 0 saturated carbocycles. The van der Waals surface area contributed by atoms with Gasteiger partial charge in [0.2, 0.25) is 5.91 Å². The molecule has 0 bridgehead atoms. The highest BCUT2D eigenvalue weighted by atomic mass is 16.6. The number of carboxylic acid groups (broad SMARTS) is 1. The first kappa shape index (κ1) is 17.4. The summed E-state index contributed by atoms with van der Waals surface area (Å²) in [7, 11) is 0. The van der Waals surface area contributed by atoms with Crippen molar-refractivity contribution in [3.63, 3.8) is 0 Å². The Morgan fingerprint density at radius 1 is 1.36 bits per heavy atom. The van der Waals surface area contributed by atoms with Gasteiger partial charge in [-0.05, 0) is 18.4 Å². The lowest BCUT2D eigenvalue weighted by Crippen LogP contribution is -2.22. The third-order valence-corrected chi connectivity index (χ3v) is 3.27. The van der Waals surface area contributed by atoms with Crippen molar-refractivity contribution in [1.82, 2.24) is 0 Å². The minimum absolute atomic E-state index is 0.0222. The molecular weight excluding hydrogens is 292 g/mol. The second-order valence-electron chi connectivity index (χ2n) is 5.23. The van der Waals surface area contributed by atoms with Gasteiger partial charge in [-0.3, -0.25) is 19.7 Å². The molecule has 0 spiro atoms. The first-order chi connectivity index (χ1) is 10.2. The summed E-state index contributed by atoms with van der Waals surface area (Å²) in [5, 5.41) is 31.6. The molecule has 0 heterocycles. The number of aliphatic carboxylic acids is 1. The smallest absolute Gasteiger partial charge is 0.306 e. The van der Waals surface area contributed by atoms with Crippen LogP contribution in [0.4, 0.5) is 11.4 Å². The van der Waals surface area contributed by atoms with Gasteiger partial charge in [0.05, 0.1) is 22.6 Å². The monoisotopic (exact) mass is 310 g/mol. The fourth-order valence-corrected chi connectivity index (χ4v) is 1.98. The van der Waals surface area contributed by atoms with Crippen LogP contribution in [-0.2, 0) is 9.59 Å². The van der Waals surface area contributed by atoms with E-state index in [4.69, 9.17) is 5.11 Å². The Hall–Kier alpha value is -2.64. The fraction of sp³-hybridized carbons (Fsp3) is 0.429. The number of nitrogens with one attached hydrogen (secondary N) is 1. The molecule has 3 N–H and O–H groups in total. The molecule has 0 unspecified atom stereocenters. The molecule has 0 radical (unpaired) electrons. The van der Waals surface area contributed by atoms with Crippen LogP contribution in [-0.4, -0.2) is 27.0 Å². The fourth-order valence-electron chi connectivity index (χ4n) is 1.98. The number of nitro benzene ring substituents is 1. The first-order valence-electron chi connectivity index (χ1n) is 6.72. The van der Waals surface area contributed by atoms with Crippen LogP contribution in [0.1, 0.15) is 26.7 Å². The Kier molecular flexibility index (Phi) is 5.85. The van der Waals surface area contributed by atoms with Gasteiger partial charge in [-0.1, -0.05) is 13.8 Å². The van der Waals surface area contributed by atoms with E-state index in [1.54, 1.807) is 13.8 Å². The molecule has 8 nitrogen and oxygen atoms in total. The molecule has 22 heavy (non-hydrogen) atoms. The van der Waals surface area contributed by atoms with Gasteiger partial charge >= 0.3 is 5.97 Å². The molecule has 0 fully saturated rings. The van der Waals surface area contributed by atoms with Crippen LogP contribution in [0.5, 0.6) is 5.75 Å². The van der Waals surface area contributed by atoms with Gasteiger partial charge < -0.3 is 15.5 Å². The van der Waals surface area contributed by atoms with Crippen molar-refractivity contribution in [3.05, 3.63) is 28.3 Å². The zero-order valence-corrected chi connectivity index (χ0v) is 12.3. The second kappa shape index (κ2) is 7.39. The molecule has 0 saturated heterocycles. The van der Waals surface area contributed by atoms with Gasteiger partial charge in [0.25, 0.3) is 5.69 Å². The van der Waals surface area contributed by atoms with Crippen LogP contribution in [0.25, 0.3) is 0 Å². The van der Waals surface area contributed by atoms with E-state index in [0.29, 0.717) is 0 Å². The quantitative estimate of drug-likeness (QED) is 0.402. The van der Waals surface area contributed by atoms with Crippen LogP contribution in [0.15, 0.2) is 18.2 Å². The number of nitro groups is 1. The number of non-ortho nitro benzene ring substituents is 1. The number of hydrogen-bond donors (Lipinski definition) is 3. The molecule has 0 aliphatic carbocycles. The first-order valence-corrected chi connectivity index (χ1v) is 6.72. The Morgan fingerprint density at radius 2 is 2.00 bits per heavy atom. The number of anilines is 1. The average Bonchev–Trinajstić information content (AvgIpc) is 2.40. The van der Waals surface area contributed by atoms with E-state index in [0.717, 1.165) is 12.1 Å².